The van der Waals surface area contributed by atoms with E-state index in [0.717, 1.165) is 24.0 Å². The van der Waals surface area contributed by atoms with Gasteiger partial charge in [-0.3, -0.25) is 4.79 Å². The van der Waals surface area contributed by atoms with Crippen LogP contribution in [0.4, 0.5) is 0 Å². The zero-order valence-electron chi connectivity index (χ0n) is 10.6. The second kappa shape index (κ2) is 4.88. The minimum atomic E-state index is -0.790. The molecule has 1 saturated carbocycles. The van der Waals surface area contributed by atoms with Gasteiger partial charge in [0.2, 0.25) is 0 Å². The minimum Gasteiger partial charge on any atom is -0.508 e. The van der Waals surface area contributed by atoms with Crippen molar-refractivity contribution in [2.45, 2.75) is 32.1 Å². The molecule has 1 aromatic carbocycles. The molecule has 1 aliphatic carbocycles. The van der Waals surface area contributed by atoms with Gasteiger partial charge >= 0.3 is 5.97 Å². The highest BCUT2D eigenvalue weighted by molar-refractivity contribution is 5.69. The standard InChI is InChI=1S/C14H18O4/c1-8-5-10(15)6-12(18-2)14(8)11(7-13(16)17)9-3-4-9/h5-6,9,11,15H,3-4,7H2,1-2H3,(H,16,17). The van der Waals surface area contributed by atoms with Gasteiger partial charge in [-0.05, 0) is 37.3 Å². The lowest BCUT2D eigenvalue weighted by Crippen LogP contribution is -2.11. The Morgan fingerprint density at radius 1 is 1.50 bits per heavy atom. The number of aromatic hydroxyl groups is 1. The number of hydrogen-bond donors (Lipinski definition) is 2. The molecule has 0 amide bonds. The van der Waals surface area contributed by atoms with Crippen LogP contribution in [0, 0.1) is 12.8 Å². The van der Waals surface area contributed by atoms with Crippen molar-refractivity contribution < 1.29 is 19.7 Å². The predicted molar refractivity (Wildman–Crippen MR) is 67.1 cm³/mol. The van der Waals surface area contributed by atoms with Crippen molar-refractivity contribution >= 4 is 5.97 Å². The van der Waals surface area contributed by atoms with Crippen molar-refractivity contribution in [2.75, 3.05) is 7.11 Å². The third kappa shape index (κ3) is 2.58. The van der Waals surface area contributed by atoms with Crippen molar-refractivity contribution in [1.29, 1.82) is 0 Å². The Kier molecular flexibility index (Phi) is 3.45. The molecule has 1 aliphatic rings. The highest BCUT2D eigenvalue weighted by atomic mass is 16.5. The molecule has 4 nitrogen and oxygen atoms in total. The monoisotopic (exact) mass is 250 g/mol. The summed E-state index contributed by atoms with van der Waals surface area (Å²) >= 11 is 0. The van der Waals surface area contributed by atoms with Crippen LogP contribution in [0.1, 0.15) is 36.3 Å². The molecule has 1 atom stereocenters. The van der Waals surface area contributed by atoms with Gasteiger partial charge in [0.05, 0.1) is 13.5 Å². The lowest BCUT2D eigenvalue weighted by atomic mass is 9.87. The van der Waals surface area contributed by atoms with Crippen molar-refractivity contribution in [3.8, 4) is 11.5 Å². The summed E-state index contributed by atoms with van der Waals surface area (Å²) in [5.41, 5.74) is 1.82. The Balaban J connectivity index is 2.42. The zero-order chi connectivity index (χ0) is 13.3. The fourth-order valence-electron chi connectivity index (χ4n) is 2.58. The van der Waals surface area contributed by atoms with E-state index >= 15 is 0 Å². The molecule has 0 bridgehead atoms. The summed E-state index contributed by atoms with van der Waals surface area (Å²) in [5, 5.41) is 18.6. The molecule has 0 aliphatic heterocycles. The minimum absolute atomic E-state index is 0.0157. The quantitative estimate of drug-likeness (QED) is 0.843. The van der Waals surface area contributed by atoms with Gasteiger partial charge in [0, 0.05) is 17.5 Å². The van der Waals surface area contributed by atoms with Crippen LogP contribution in [0.3, 0.4) is 0 Å². The smallest absolute Gasteiger partial charge is 0.303 e. The molecule has 98 valence electrons. The summed E-state index contributed by atoms with van der Waals surface area (Å²) in [5.74, 6) is 0.362. The largest absolute Gasteiger partial charge is 0.508 e. The summed E-state index contributed by atoms with van der Waals surface area (Å²) in [7, 11) is 1.54. The van der Waals surface area contributed by atoms with Crippen LogP contribution < -0.4 is 4.74 Å². The molecule has 0 aromatic heterocycles. The van der Waals surface area contributed by atoms with Crippen molar-refractivity contribution in [3.05, 3.63) is 23.3 Å². The molecular formula is C14H18O4. The Morgan fingerprint density at radius 2 is 2.17 bits per heavy atom. The first-order valence-electron chi connectivity index (χ1n) is 6.12. The maximum absolute atomic E-state index is 11.0. The Morgan fingerprint density at radius 3 is 2.67 bits per heavy atom. The first-order valence-corrected chi connectivity index (χ1v) is 6.12. The van der Waals surface area contributed by atoms with Gasteiger partial charge in [0.15, 0.2) is 0 Å². The molecule has 1 unspecified atom stereocenters. The maximum atomic E-state index is 11.0. The molecule has 4 heteroatoms. The van der Waals surface area contributed by atoms with E-state index in [1.807, 2.05) is 6.92 Å². The zero-order valence-corrected chi connectivity index (χ0v) is 10.6. The molecule has 18 heavy (non-hydrogen) atoms. The number of aliphatic carboxylic acids is 1. The number of carboxylic acid groups (broad SMARTS) is 1. The number of phenolic OH excluding ortho intramolecular Hbond substituents is 1. The molecule has 1 fully saturated rings. The van der Waals surface area contributed by atoms with Crippen LogP contribution in [-0.4, -0.2) is 23.3 Å². The lowest BCUT2D eigenvalue weighted by molar-refractivity contribution is -0.137. The van der Waals surface area contributed by atoms with Gasteiger partial charge in [0.1, 0.15) is 11.5 Å². The topological polar surface area (TPSA) is 66.8 Å². The van der Waals surface area contributed by atoms with Crippen LogP contribution in [0.2, 0.25) is 0 Å². The van der Waals surface area contributed by atoms with Crippen molar-refractivity contribution in [1.82, 2.24) is 0 Å². The summed E-state index contributed by atoms with van der Waals surface area (Å²) in [4.78, 5) is 11.0. The molecule has 0 spiro atoms. The van der Waals surface area contributed by atoms with E-state index in [-0.39, 0.29) is 18.1 Å². The van der Waals surface area contributed by atoms with Crippen molar-refractivity contribution in [2.24, 2.45) is 5.92 Å². The number of hydrogen-bond acceptors (Lipinski definition) is 3. The van der Waals surface area contributed by atoms with Gasteiger partial charge in [-0.15, -0.1) is 0 Å². The summed E-state index contributed by atoms with van der Waals surface area (Å²) < 4.78 is 5.29. The number of benzene rings is 1. The average molecular weight is 250 g/mol. The van der Waals surface area contributed by atoms with Crippen LogP contribution in [0.15, 0.2) is 12.1 Å². The second-order valence-electron chi connectivity index (χ2n) is 4.92. The third-order valence-corrected chi connectivity index (χ3v) is 3.51. The van der Waals surface area contributed by atoms with Crippen LogP contribution in [-0.2, 0) is 4.79 Å². The Hall–Kier alpha value is -1.71. The van der Waals surface area contributed by atoms with Gasteiger partial charge in [-0.25, -0.2) is 0 Å². The average Bonchev–Trinajstić information content (AvgIpc) is 3.09. The normalized spacial score (nSPS) is 16.3. The number of ether oxygens (including phenoxy) is 1. The first kappa shape index (κ1) is 12.7. The van der Waals surface area contributed by atoms with Gasteiger partial charge in [-0.2, -0.15) is 0 Å². The van der Waals surface area contributed by atoms with E-state index in [1.54, 1.807) is 19.2 Å². The Labute approximate surface area is 106 Å². The van der Waals surface area contributed by atoms with E-state index < -0.39 is 5.97 Å². The van der Waals surface area contributed by atoms with Gasteiger partial charge in [-0.1, -0.05) is 0 Å². The number of methoxy groups -OCH3 is 1. The highest BCUT2D eigenvalue weighted by Crippen LogP contribution is 2.48. The number of aryl methyl sites for hydroxylation is 1. The number of rotatable bonds is 5. The fourth-order valence-corrected chi connectivity index (χ4v) is 2.58. The van der Waals surface area contributed by atoms with E-state index in [4.69, 9.17) is 9.84 Å². The maximum Gasteiger partial charge on any atom is 0.303 e. The number of carboxylic acids is 1. The van der Waals surface area contributed by atoms with Gasteiger partial charge in [0.25, 0.3) is 0 Å². The molecule has 0 saturated heterocycles. The summed E-state index contributed by atoms with van der Waals surface area (Å²) in [6.45, 7) is 1.88. The Bertz CT molecular complexity index is 463. The molecule has 0 heterocycles. The predicted octanol–water partition coefficient (Wildman–Crippen LogP) is 2.68. The third-order valence-electron chi connectivity index (χ3n) is 3.51. The van der Waals surface area contributed by atoms with E-state index in [2.05, 4.69) is 0 Å². The molecular weight excluding hydrogens is 232 g/mol. The fraction of sp³-hybridized carbons (Fsp3) is 0.500. The molecule has 2 N–H and O–H groups in total. The lowest BCUT2D eigenvalue weighted by Gasteiger charge is -2.20. The summed E-state index contributed by atoms with van der Waals surface area (Å²) in [6.07, 6.45) is 2.26. The number of carbonyl (C=O) groups is 1. The van der Waals surface area contributed by atoms with E-state index in [0.29, 0.717) is 11.7 Å². The SMILES string of the molecule is COc1cc(O)cc(C)c1C(CC(=O)O)C1CC1. The van der Waals surface area contributed by atoms with Crippen molar-refractivity contribution in [3.63, 3.8) is 0 Å². The van der Waals surface area contributed by atoms with Crippen LogP contribution in [0.5, 0.6) is 11.5 Å². The highest BCUT2D eigenvalue weighted by Gasteiger charge is 2.36. The molecule has 2 rings (SSSR count). The first-order chi connectivity index (χ1) is 8.52. The second-order valence-corrected chi connectivity index (χ2v) is 4.92. The molecule has 0 radical (unpaired) electrons. The van der Waals surface area contributed by atoms with Crippen LogP contribution >= 0.6 is 0 Å². The molecule has 1 aromatic rings. The van der Waals surface area contributed by atoms with E-state index in [1.165, 1.54) is 0 Å². The van der Waals surface area contributed by atoms with Gasteiger partial charge < -0.3 is 14.9 Å². The number of phenols is 1. The van der Waals surface area contributed by atoms with E-state index in [9.17, 15) is 9.90 Å². The van der Waals surface area contributed by atoms with Crippen LogP contribution in [0.25, 0.3) is 0 Å². The summed E-state index contributed by atoms with van der Waals surface area (Å²) in [6, 6.07) is 3.22.